The van der Waals surface area contributed by atoms with Crippen LogP contribution in [0.5, 0.6) is 11.5 Å². The minimum atomic E-state index is -0.177. The second-order valence-electron chi connectivity index (χ2n) is 7.82. The number of carbonyl (C=O) groups excluding carboxylic acids is 1. The predicted molar refractivity (Wildman–Crippen MR) is 114 cm³/mol. The van der Waals surface area contributed by atoms with E-state index in [1.165, 1.54) is 11.1 Å². The van der Waals surface area contributed by atoms with Gasteiger partial charge in [-0.25, -0.2) is 0 Å². The van der Waals surface area contributed by atoms with Crippen molar-refractivity contribution in [3.05, 3.63) is 53.6 Å². The summed E-state index contributed by atoms with van der Waals surface area (Å²) in [6.07, 6.45) is 0. The van der Waals surface area contributed by atoms with Gasteiger partial charge in [0.15, 0.2) is 11.5 Å². The minimum absolute atomic E-state index is 0.00816. The van der Waals surface area contributed by atoms with E-state index >= 15 is 0 Å². The molecule has 2 heterocycles. The van der Waals surface area contributed by atoms with Gasteiger partial charge in [0.05, 0.1) is 6.04 Å². The Morgan fingerprint density at radius 2 is 1.79 bits per heavy atom. The molecule has 0 aromatic heterocycles. The summed E-state index contributed by atoms with van der Waals surface area (Å²) in [5.41, 5.74) is 3.39. The summed E-state index contributed by atoms with van der Waals surface area (Å²) in [6, 6.07) is 14.0. The fourth-order valence-corrected chi connectivity index (χ4v) is 3.91. The fourth-order valence-electron chi connectivity index (χ4n) is 3.91. The first-order valence-electron chi connectivity index (χ1n) is 10.3. The first-order chi connectivity index (χ1) is 14.1. The molecule has 0 aliphatic carbocycles. The molecular weight excluding hydrogens is 366 g/mol. The average molecular weight is 396 g/mol. The fraction of sp³-hybridized carbons (Fsp3) is 0.435. The van der Waals surface area contributed by atoms with E-state index < -0.39 is 0 Å². The van der Waals surface area contributed by atoms with Gasteiger partial charge in [-0.3, -0.25) is 14.6 Å². The summed E-state index contributed by atoms with van der Waals surface area (Å²) < 4.78 is 11.1. The first kappa shape index (κ1) is 19.7. The Morgan fingerprint density at radius 3 is 2.55 bits per heavy atom. The van der Waals surface area contributed by atoms with Crippen molar-refractivity contribution in [3.8, 4) is 11.5 Å². The number of anilines is 1. The van der Waals surface area contributed by atoms with E-state index in [0.717, 1.165) is 44.2 Å². The zero-order valence-electron chi connectivity index (χ0n) is 17.2. The van der Waals surface area contributed by atoms with Crippen LogP contribution in [0.15, 0.2) is 42.5 Å². The van der Waals surface area contributed by atoms with Crippen molar-refractivity contribution in [2.24, 2.45) is 0 Å². The molecule has 6 heteroatoms. The van der Waals surface area contributed by atoms with Crippen molar-refractivity contribution >= 4 is 11.6 Å². The molecule has 6 nitrogen and oxygen atoms in total. The second kappa shape index (κ2) is 8.84. The standard InChI is InChI=1S/C23H29N3O3/c1-17-4-3-5-19(14-17)16-25-8-10-26(11-9-25)18(2)23(27)24-20-6-7-21-22(15-20)29-13-12-28-21/h3-7,14-15,18H,8-13,16H2,1-2H3,(H,24,27)/t18-/m0/s1. The Bertz CT molecular complexity index is 862. The summed E-state index contributed by atoms with van der Waals surface area (Å²) in [4.78, 5) is 17.5. The molecule has 2 aromatic carbocycles. The molecule has 4 rings (SSSR count). The lowest BCUT2D eigenvalue weighted by atomic mass is 10.1. The molecule has 2 aliphatic rings. The highest BCUT2D eigenvalue weighted by molar-refractivity contribution is 5.94. The van der Waals surface area contributed by atoms with Crippen LogP contribution in [-0.2, 0) is 11.3 Å². The number of ether oxygens (including phenoxy) is 2. The lowest BCUT2D eigenvalue weighted by molar-refractivity contribution is -0.121. The molecule has 2 aliphatic heterocycles. The van der Waals surface area contributed by atoms with Crippen LogP contribution in [0.4, 0.5) is 5.69 Å². The van der Waals surface area contributed by atoms with E-state index in [1.807, 2.05) is 25.1 Å². The smallest absolute Gasteiger partial charge is 0.241 e. The first-order valence-corrected chi connectivity index (χ1v) is 10.3. The molecule has 1 amide bonds. The number of hydrogen-bond acceptors (Lipinski definition) is 5. The third kappa shape index (κ3) is 4.89. The molecule has 2 aromatic rings. The molecule has 29 heavy (non-hydrogen) atoms. The van der Waals surface area contributed by atoms with Gasteiger partial charge in [0.1, 0.15) is 13.2 Å². The van der Waals surface area contributed by atoms with Crippen molar-refractivity contribution in [3.63, 3.8) is 0 Å². The van der Waals surface area contributed by atoms with Crippen LogP contribution in [0, 0.1) is 6.92 Å². The number of aryl methyl sites for hydroxylation is 1. The van der Waals surface area contributed by atoms with Crippen LogP contribution < -0.4 is 14.8 Å². The van der Waals surface area contributed by atoms with Gasteiger partial charge in [-0.2, -0.15) is 0 Å². The molecule has 1 atom stereocenters. The van der Waals surface area contributed by atoms with Crippen LogP contribution in [-0.4, -0.2) is 61.1 Å². The van der Waals surface area contributed by atoms with Crippen LogP contribution in [0.2, 0.25) is 0 Å². The van der Waals surface area contributed by atoms with Crippen molar-refractivity contribution in [2.45, 2.75) is 26.4 Å². The zero-order chi connectivity index (χ0) is 20.2. The normalized spacial score (nSPS) is 18.3. The van der Waals surface area contributed by atoms with Gasteiger partial charge < -0.3 is 14.8 Å². The Labute approximate surface area is 172 Å². The van der Waals surface area contributed by atoms with Gasteiger partial charge in [-0.05, 0) is 31.5 Å². The maximum atomic E-state index is 12.8. The number of nitrogens with one attached hydrogen (secondary N) is 1. The van der Waals surface area contributed by atoms with Gasteiger partial charge in [-0.1, -0.05) is 29.8 Å². The number of piperazine rings is 1. The molecule has 154 valence electrons. The molecule has 0 bridgehead atoms. The van der Waals surface area contributed by atoms with Crippen LogP contribution >= 0.6 is 0 Å². The Balaban J connectivity index is 1.28. The third-order valence-corrected chi connectivity index (χ3v) is 5.63. The molecule has 0 unspecified atom stereocenters. The van der Waals surface area contributed by atoms with E-state index in [-0.39, 0.29) is 11.9 Å². The number of nitrogens with zero attached hydrogens (tertiary/aromatic N) is 2. The second-order valence-corrected chi connectivity index (χ2v) is 7.82. The summed E-state index contributed by atoms with van der Waals surface area (Å²) in [6.45, 7) is 9.88. The van der Waals surface area contributed by atoms with Crippen molar-refractivity contribution in [2.75, 3.05) is 44.7 Å². The quantitative estimate of drug-likeness (QED) is 0.844. The summed E-state index contributed by atoms with van der Waals surface area (Å²) in [5, 5.41) is 3.02. The largest absolute Gasteiger partial charge is 0.486 e. The topological polar surface area (TPSA) is 54.0 Å². The number of benzene rings is 2. The van der Waals surface area contributed by atoms with E-state index in [4.69, 9.17) is 9.47 Å². The minimum Gasteiger partial charge on any atom is -0.486 e. The number of carbonyl (C=O) groups is 1. The van der Waals surface area contributed by atoms with Crippen LogP contribution in [0.3, 0.4) is 0 Å². The van der Waals surface area contributed by atoms with E-state index in [9.17, 15) is 4.79 Å². The highest BCUT2D eigenvalue weighted by Gasteiger charge is 2.26. The highest BCUT2D eigenvalue weighted by Crippen LogP contribution is 2.32. The Morgan fingerprint density at radius 1 is 1.03 bits per heavy atom. The van der Waals surface area contributed by atoms with Gasteiger partial charge in [-0.15, -0.1) is 0 Å². The molecule has 0 spiro atoms. The highest BCUT2D eigenvalue weighted by atomic mass is 16.6. The number of amides is 1. The molecular formula is C23H29N3O3. The van der Waals surface area contributed by atoms with E-state index in [1.54, 1.807) is 0 Å². The average Bonchev–Trinajstić information content (AvgIpc) is 2.74. The van der Waals surface area contributed by atoms with Gasteiger partial charge in [0.25, 0.3) is 0 Å². The monoisotopic (exact) mass is 395 g/mol. The molecule has 0 radical (unpaired) electrons. The predicted octanol–water partition coefficient (Wildman–Crippen LogP) is 2.91. The molecule has 1 saturated heterocycles. The van der Waals surface area contributed by atoms with Gasteiger partial charge in [0.2, 0.25) is 5.91 Å². The summed E-state index contributed by atoms with van der Waals surface area (Å²) in [7, 11) is 0. The molecule has 1 fully saturated rings. The van der Waals surface area contributed by atoms with Crippen molar-refractivity contribution in [1.29, 1.82) is 0 Å². The lowest BCUT2D eigenvalue weighted by Crippen LogP contribution is -2.52. The van der Waals surface area contributed by atoms with E-state index in [2.05, 4.69) is 46.3 Å². The summed E-state index contributed by atoms with van der Waals surface area (Å²) >= 11 is 0. The number of hydrogen-bond donors (Lipinski definition) is 1. The maximum Gasteiger partial charge on any atom is 0.241 e. The molecule has 0 saturated carbocycles. The number of fused-ring (bicyclic) bond motifs is 1. The van der Waals surface area contributed by atoms with Gasteiger partial charge in [0, 0.05) is 44.5 Å². The molecule has 1 N–H and O–H groups in total. The third-order valence-electron chi connectivity index (χ3n) is 5.63. The lowest BCUT2D eigenvalue weighted by Gasteiger charge is -2.37. The Hall–Kier alpha value is -2.57. The maximum absolute atomic E-state index is 12.8. The van der Waals surface area contributed by atoms with Crippen LogP contribution in [0.25, 0.3) is 0 Å². The van der Waals surface area contributed by atoms with Crippen molar-refractivity contribution in [1.82, 2.24) is 9.80 Å². The number of rotatable bonds is 5. The summed E-state index contributed by atoms with van der Waals surface area (Å²) in [5.74, 6) is 1.42. The van der Waals surface area contributed by atoms with Crippen LogP contribution in [0.1, 0.15) is 18.1 Å². The van der Waals surface area contributed by atoms with E-state index in [0.29, 0.717) is 19.0 Å². The van der Waals surface area contributed by atoms with Crippen molar-refractivity contribution < 1.29 is 14.3 Å². The Kier molecular flexibility index (Phi) is 6.02. The zero-order valence-corrected chi connectivity index (χ0v) is 17.2. The van der Waals surface area contributed by atoms with Gasteiger partial charge >= 0.3 is 0 Å². The SMILES string of the molecule is Cc1cccc(CN2CCN([C@@H](C)C(=O)Nc3ccc4c(c3)OCCO4)CC2)c1.